The summed E-state index contributed by atoms with van der Waals surface area (Å²) in [5, 5.41) is 9.35. The molecule has 0 radical (unpaired) electrons. The van der Waals surface area contributed by atoms with Crippen LogP contribution < -0.4 is 0 Å². The first kappa shape index (κ1) is 16.2. The van der Waals surface area contributed by atoms with Crippen molar-refractivity contribution < 1.29 is 14.7 Å². The lowest BCUT2D eigenvalue weighted by molar-refractivity contribution is -0.143. The first-order valence-corrected chi connectivity index (χ1v) is 8.12. The van der Waals surface area contributed by atoms with E-state index in [1.807, 2.05) is 31.2 Å². The van der Waals surface area contributed by atoms with Gasteiger partial charge in [-0.15, -0.1) is 0 Å². The highest BCUT2D eigenvalue weighted by atomic mass is 16.4. The number of carbonyl (C=O) groups excluding carboxylic acids is 1. The number of aryl methyl sites for hydroxylation is 1. The molecular weight excluding hydrogens is 304 g/mol. The molecular formula is C19H20N2O3. The summed E-state index contributed by atoms with van der Waals surface area (Å²) in [6.07, 6.45) is 5.40. The topological polar surface area (TPSA) is 70.5 Å². The van der Waals surface area contributed by atoms with Gasteiger partial charge in [0.2, 0.25) is 0 Å². The standard InChI is InChI=1S/C19H20N2O3/c1-13-5-7-14(8-6-13)15-10-16(12-20-11-15)18(22)21-9-3-2-4-17(21)19(23)24/h5-8,10-12,17H,2-4,9H2,1H3,(H,23,24). The van der Waals surface area contributed by atoms with Gasteiger partial charge in [0.1, 0.15) is 6.04 Å². The summed E-state index contributed by atoms with van der Waals surface area (Å²) in [5.74, 6) is -1.20. The Labute approximate surface area is 140 Å². The zero-order valence-corrected chi connectivity index (χ0v) is 13.6. The number of carbonyl (C=O) groups is 2. The van der Waals surface area contributed by atoms with E-state index in [0.29, 0.717) is 18.5 Å². The minimum absolute atomic E-state index is 0.261. The van der Waals surface area contributed by atoms with Crippen molar-refractivity contribution in [3.05, 3.63) is 53.9 Å². The number of aromatic nitrogens is 1. The highest BCUT2D eigenvalue weighted by Crippen LogP contribution is 2.23. The van der Waals surface area contributed by atoms with E-state index in [4.69, 9.17) is 0 Å². The predicted octanol–water partition coefficient (Wildman–Crippen LogP) is 3.14. The lowest BCUT2D eigenvalue weighted by Crippen LogP contribution is -2.48. The largest absolute Gasteiger partial charge is 0.480 e. The molecule has 1 fully saturated rings. The van der Waals surface area contributed by atoms with Crippen LogP contribution in [0.4, 0.5) is 0 Å². The van der Waals surface area contributed by atoms with Crippen molar-refractivity contribution in [1.29, 1.82) is 0 Å². The maximum Gasteiger partial charge on any atom is 0.326 e. The van der Waals surface area contributed by atoms with E-state index in [-0.39, 0.29) is 5.91 Å². The van der Waals surface area contributed by atoms with Crippen LogP contribution in [-0.2, 0) is 4.79 Å². The Kier molecular flexibility index (Phi) is 4.60. The van der Waals surface area contributed by atoms with Crippen LogP contribution >= 0.6 is 0 Å². The summed E-state index contributed by atoms with van der Waals surface area (Å²) in [5.41, 5.74) is 3.43. The molecule has 5 heteroatoms. The monoisotopic (exact) mass is 324 g/mol. The number of carboxylic acid groups (broad SMARTS) is 1. The number of hydrogen-bond donors (Lipinski definition) is 1. The number of likely N-dealkylation sites (tertiary alicyclic amines) is 1. The summed E-state index contributed by atoms with van der Waals surface area (Å²) >= 11 is 0. The molecule has 0 saturated carbocycles. The van der Waals surface area contributed by atoms with Gasteiger partial charge >= 0.3 is 5.97 Å². The normalized spacial score (nSPS) is 17.5. The Balaban J connectivity index is 1.89. The number of amides is 1. The van der Waals surface area contributed by atoms with Crippen LogP contribution in [0.3, 0.4) is 0 Å². The maximum atomic E-state index is 12.8. The number of nitrogens with zero attached hydrogens (tertiary/aromatic N) is 2. The molecule has 1 unspecified atom stereocenters. The molecule has 0 bridgehead atoms. The Morgan fingerprint density at radius 1 is 1.12 bits per heavy atom. The number of carboxylic acids is 1. The van der Waals surface area contributed by atoms with E-state index < -0.39 is 12.0 Å². The molecule has 24 heavy (non-hydrogen) atoms. The molecule has 1 aromatic carbocycles. The Morgan fingerprint density at radius 3 is 2.58 bits per heavy atom. The average molecular weight is 324 g/mol. The van der Waals surface area contributed by atoms with Gasteiger partial charge in [0.25, 0.3) is 5.91 Å². The molecule has 3 rings (SSSR count). The Bertz CT molecular complexity index is 755. The minimum Gasteiger partial charge on any atom is -0.480 e. The third kappa shape index (κ3) is 3.30. The van der Waals surface area contributed by atoms with Gasteiger partial charge in [-0.1, -0.05) is 29.8 Å². The van der Waals surface area contributed by atoms with Crippen LogP contribution in [0.25, 0.3) is 11.1 Å². The van der Waals surface area contributed by atoms with Crippen molar-refractivity contribution in [2.75, 3.05) is 6.54 Å². The number of rotatable bonds is 3. The SMILES string of the molecule is Cc1ccc(-c2cncc(C(=O)N3CCCCC3C(=O)O)c2)cc1. The van der Waals surface area contributed by atoms with E-state index in [2.05, 4.69) is 4.98 Å². The van der Waals surface area contributed by atoms with Gasteiger partial charge in [-0.3, -0.25) is 9.78 Å². The Morgan fingerprint density at radius 2 is 1.88 bits per heavy atom. The summed E-state index contributed by atoms with van der Waals surface area (Å²) < 4.78 is 0. The average Bonchev–Trinajstić information content (AvgIpc) is 2.62. The zero-order valence-electron chi connectivity index (χ0n) is 13.6. The van der Waals surface area contributed by atoms with Crippen LogP contribution in [0.1, 0.15) is 35.2 Å². The minimum atomic E-state index is -0.939. The smallest absolute Gasteiger partial charge is 0.326 e. The fourth-order valence-electron chi connectivity index (χ4n) is 3.06. The molecule has 1 saturated heterocycles. The van der Waals surface area contributed by atoms with Gasteiger partial charge in [0.05, 0.1) is 5.56 Å². The third-order valence-corrected chi connectivity index (χ3v) is 4.42. The lowest BCUT2D eigenvalue weighted by Gasteiger charge is -2.33. The molecule has 1 aromatic heterocycles. The zero-order chi connectivity index (χ0) is 17.1. The molecule has 1 aliphatic rings. The molecule has 1 atom stereocenters. The summed E-state index contributed by atoms with van der Waals surface area (Å²) in [6, 6.07) is 9.04. The second-order valence-electron chi connectivity index (χ2n) is 6.18. The first-order valence-electron chi connectivity index (χ1n) is 8.12. The van der Waals surface area contributed by atoms with Gasteiger partial charge in [0, 0.05) is 24.5 Å². The van der Waals surface area contributed by atoms with Gasteiger partial charge < -0.3 is 10.0 Å². The van der Waals surface area contributed by atoms with E-state index in [0.717, 1.165) is 29.5 Å². The van der Waals surface area contributed by atoms with Gasteiger partial charge in [-0.05, 0) is 37.8 Å². The Hall–Kier alpha value is -2.69. The van der Waals surface area contributed by atoms with Gasteiger partial charge in [0.15, 0.2) is 0 Å². The molecule has 2 aromatic rings. The molecule has 2 heterocycles. The van der Waals surface area contributed by atoms with E-state index in [1.54, 1.807) is 12.3 Å². The highest BCUT2D eigenvalue weighted by Gasteiger charge is 2.32. The lowest BCUT2D eigenvalue weighted by atomic mass is 10.00. The van der Waals surface area contributed by atoms with Crippen LogP contribution in [0.5, 0.6) is 0 Å². The maximum absolute atomic E-state index is 12.8. The van der Waals surface area contributed by atoms with Crippen LogP contribution in [-0.4, -0.2) is 39.5 Å². The summed E-state index contributed by atoms with van der Waals surface area (Å²) in [7, 11) is 0. The van der Waals surface area contributed by atoms with Crippen LogP contribution in [0.15, 0.2) is 42.7 Å². The third-order valence-electron chi connectivity index (χ3n) is 4.42. The molecule has 5 nitrogen and oxygen atoms in total. The molecule has 0 aliphatic carbocycles. The quantitative estimate of drug-likeness (QED) is 0.941. The van der Waals surface area contributed by atoms with Crippen molar-refractivity contribution >= 4 is 11.9 Å². The first-order chi connectivity index (χ1) is 11.6. The predicted molar refractivity (Wildman–Crippen MR) is 90.7 cm³/mol. The number of aliphatic carboxylic acids is 1. The van der Waals surface area contributed by atoms with Crippen LogP contribution in [0, 0.1) is 6.92 Å². The highest BCUT2D eigenvalue weighted by molar-refractivity contribution is 5.97. The molecule has 0 spiro atoms. The van der Waals surface area contributed by atoms with Crippen LogP contribution in [0.2, 0.25) is 0 Å². The summed E-state index contributed by atoms with van der Waals surface area (Å²) in [4.78, 5) is 29.8. The molecule has 1 N–H and O–H groups in total. The van der Waals surface area contributed by atoms with E-state index in [1.165, 1.54) is 11.1 Å². The fraction of sp³-hybridized carbons (Fsp3) is 0.316. The molecule has 1 amide bonds. The molecule has 124 valence electrons. The van der Waals surface area contributed by atoms with Crippen molar-refractivity contribution in [1.82, 2.24) is 9.88 Å². The van der Waals surface area contributed by atoms with Gasteiger partial charge in [-0.2, -0.15) is 0 Å². The van der Waals surface area contributed by atoms with Crippen molar-refractivity contribution in [2.45, 2.75) is 32.2 Å². The second-order valence-corrected chi connectivity index (χ2v) is 6.18. The molecule has 1 aliphatic heterocycles. The fourth-order valence-corrected chi connectivity index (χ4v) is 3.06. The van der Waals surface area contributed by atoms with E-state index in [9.17, 15) is 14.7 Å². The van der Waals surface area contributed by atoms with Gasteiger partial charge in [-0.25, -0.2) is 4.79 Å². The van der Waals surface area contributed by atoms with Crippen molar-refractivity contribution in [2.24, 2.45) is 0 Å². The van der Waals surface area contributed by atoms with Crippen molar-refractivity contribution in [3.63, 3.8) is 0 Å². The summed E-state index contributed by atoms with van der Waals surface area (Å²) in [6.45, 7) is 2.49. The second kappa shape index (κ2) is 6.83. The number of benzene rings is 1. The number of hydrogen-bond acceptors (Lipinski definition) is 3. The number of piperidine rings is 1. The van der Waals surface area contributed by atoms with E-state index >= 15 is 0 Å². The van der Waals surface area contributed by atoms with Crippen molar-refractivity contribution in [3.8, 4) is 11.1 Å². The number of pyridine rings is 1.